The molecule has 3 aromatic rings. The van der Waals surface area contributed by atoms with Crippen LogP contribution in [-0.2, 0) is 6.42 Å². The number of nitrogens with one attached hydrogen (secondary N) is 1. The number of nitrogens with zero attached hydrogens (tertiary/aromatic N) is 2. The van der Waals surface area contributed by atoms with Crippen LogP contribution in [0.1, 0.15) is 24.0 Å². The Balaban J connectivity index is 1.90. The highest BCUT2D eigenvalue weighted by molar-refractivity contribution is 5.71. The van der Waals surface area contributed by atoms with Crippen LogP contribution in [0.15, 0.2) is 48.5 Å². The van der Waals surface area contributed by atoms with E-state index in [-0.39, 0.29) is 5.82 Å². The highest BCUT2D eigenvalue weighted by Crippen LogP contribution is 2.34. The first-order chi connectivity index (χ1) is 11.7. The average molecular weight is 321 g/mol. The molecule has 2 heterocycles. The van der Waals surface area contributed by atoms with E-state index in [1.807, 2.05) is 10.7 Å². The molecule has 2 aromatic carbocycles. The molecule has 0 unspecified atom stereocenters. The third-order valence-corrected chi connectivity index (χ3v) is 4.51. The van der Waals surface area contributed by atoms with Gasteiger partial charge in [0.05, 0.1) is 11.4 Å². The molecule has 0 saturated heterocycles. The van der Waals surface area contributed by atoms with Gasteiger partial charge in [-0.05, 0) is 50.5 Å². The number of aryl methyl sites for hydroxylation is 1. The molecule has 0 radical (unpaired) electrons. The number of hydrogen-bond acceptors (Lipinski definition) is 2. The number of aromatic nitrogens is 2. The van der Waals surface area contributed by atoms with Crippen molar-refractivity contribution in [3.8, 4) is 16.9 Å². The average Bonchev–Trinajstić information content (AvgIpc) is 2.77. The molecule has 4 heteroatoms. The van der Waals surface area contributed by atoms with E-state index in [1.54, 1.807) is 12.1 Å². The standard InChI is InChI=1S/C20H20FN3/c1-14-8-10-17(11-9-14)24-20-18(7-2-3-12-22-20)19(23-24)15-5-4-6-16(21)13-15/h4-6,8-11,13,22H,2-3,7,12H2,1H3. The largest absolute Gasteiger partial charge is 0.370 e. The molecular formula is C20H20FN3. The molecule has 0 atom stereocenters. The van der Waals surface area contributed by atoms with E-state index >= 15 is 0 Å². The maximum Gasteiger partial charge on any atom is 0.133 e. The van der Waals surface area contributed by atoms with Crippen LogP contribution in [0.2, 0.25) is 0 Å². The van der Waals surface area contributed by atoms with Gasteiger partial charge in [0, 0.05) is 17.7 Å². The van der Waals surface area contributed by atoms with E-state index in [2.05, 4.69) is 36.5 Å². The highest BCUT2D eigenvalue weighted by Gasteiger charge is 2.21. The van der Waals surface area contributed by atoms with Gasteiger partial charge in [-0.3, -0.25) is 0 Å². The summed E-state index contributed by atoms with van der Waals surface area (Å²) in [4.78, 5) is 0. The Morgan fingerprint density at radius 2 is 1.92 bits per heavy atom. The monoisotopic (exact) mass is 321 g/mol. The Labute approximate surface area is 141 Å². The van der Waals surface area contributed by atoms with E-state index in [1.165, 1.54) is 17.2 Å². The summed E-state index contributed by atoms with van der Waals surface area (Å²) < 4.78 is 15.6. The minimum absolute atomic E-state index is 0.229. The molecule has 0 fully saturated rings. The van der Waals surface area contributed by atoms with Crippen molar-refractivity contribution in [3.05, 3.63) is 65.5 Å². The summed E-state index contributed by atoms with van der Waals surface area (Å²) >= 11 is 0. The summed E-state index contributed by atoms with van der Waals surface area (Å²) in [6.45, 7) is 3.01. The van der Waals surface area contributed by atoms with Gasteiger partial charge in [-0.15, -0.1) is 0 Å². The Bertz CT molecular complexity index is 865. The quantitative estimate of drug-likeness (QED) is 0.739. The predicted molar refractivity (Wildman–Crippen MR) is 95.1 cm³/mol. The van der Waals surface area contributed by atoms with E-state index in [0.717, 1.165) is 48.6 Å². The van der Waals surface area contributed by atoms with Gasteiger partial charge < -0.3 is 5.32 Å². The summed E-state index contributed by atoms with van der Waals surface area (Å²) in [7, 11) is 0. The van der Waals surface area contributed by atoms with Crippen molar-refractivity contribution in [2.24, 2.45) is 0 Å². The van der Waals surface area contributed by atoms with Crippen molar-refractivity contribution in [2.45, 2.75) is 26.2 Å². The molecule has 1 N–H and O–H groups in total. The number of benzene rings is 2. The van der Waals surface area contributed by atoms with Crippen molar-refractivity contribution < 1.29 is 4.39 Å². The van der Waals surface area contributed by atoms with Crippen molar-refractivity contribution >= 4 is 5.82 Å². The minimum Gasteiger partial charge on any atom is -0.370 e. The lowest BCUT2D eigenvalue weighted by atomic mass is 10.0. The van der Waals surface area contributed by atoms with Gasteiger partial charge in [0.1, 0.15) is 11.6 Å². The van der Waals surface area contributed by atoms with Crippen LogP contribution >= 0.6 is 0 Å². The van der Waals surface area contributed by atoms with Crippen LogP contribution in [-0.4, -0.2) is 16.3 Å². The molecule has 1 aromatic heterocycles. The van der Waals surface area contributed by atoms with E-state index in [0.29, 0.717) is 0 Å². The van der Waals surface area contributed by atoms with Gasteiger partial charge in [-0.25, -0.2) is 9.07 Å². The second kappa shape index (κ2) is 6.11. The Morgan fingerprint density at radius 1 is 1.08 bits per heavy atom. The zero-order valence-electron chi connectivity index (χ0n) is 13.7. The summed E-state index contributed by atoms with van der Waals surface area (Å²) in [6.07, 6.45) is 3.20. The molecule has 0 amide bonds. The number of rotatable bonds is 2. The highest BCUT2D eigenvalue weighted by atomic mass is 19.1. The summed E-state index contributed by atoms with van der Waals surface area (Å²) in [5.41, 5.74) is 5.13. The zero-order chi connectivity index (χ0) is 16.5. The number of fused-ring (bicyclic) bond motifs is 1. The van der Waals surface area contributed by atoms with Crippen LogP contribution in [0.5, 0.6) is 0 Å². The lowest BCUT2D eigenvalue weighted by molar-refractivity contribution is 0.628. The number of hydrogen-bond donors (Lipinski definition) is 1. The first-order valence-corrected chi connectivity index (χ1v) is 8.41. The van der Waals surface area contributed by atoms with Crippen molar-refractivity contribution in [2.75, 3.05) is 11.9 Å². The van der Waals surface area contributed by atoms with Crippen LogP contribution in [0, 0.1) is 12.7 Å². The van der Waals surface area contributed by atoms with Crippen LogP contribution in [0.4, 0.5) is 10.2 Å². The molecule has 0 saturated carbocycles. The lowest BCUT2D eigenvalue weighted by Crippen LogP contribution is -2.07. The van der Waals surface area contributed by atoms with Crippen molar-refractivity contribution in [1.82, 2.24) is 9.78 Å². The molecule has 122 valence electrons. The molecule has 0 spiro atoms. The smallest absolute Gasteiger partial charge is 0.133 e. The van der Waals surface area contributed by atoms with Gasteiger partial charge in [-0.1, -0.05) is 29.8 Å². The second-order valence-corrected chi connectivity index (χ2v) is 6.32. The van der Waals surface area contributed by atoms with Gasteiger partial charge in [0.15, 0.2) is 0 Å². The predicted octanol–water partition coefficient (Wildman–Crippen LogP) is 4.74. The Kier molecular flexibility index (Phi) is 3.81. The molecule has 0 bridgehead atoms. The summed E-state index contributed by atoms with van der Waals surface area (Å²) in [6, 6.07) is 15.0. The zero-order valence-corrected chi connectivity index (χ0v) is 13.7. The topological polar surface area (TPSA) is 29.9 Å². The third-order valence-electron chi connectivity index (χ3n) is 4.51. The second-order valence-electron chi connectivity index (χ2n) is 6.32. The van der Waals surface area contributed by atoms with E-state index in [4.69, 9.17) is 5.10 Å². The molecular weight excluding hydrogens is 301 g/mol. The van der Waals surface area contributed by atoms with Gasteiger partial charge in [0.25, 0.3) is 0 Å². The van der Waals surface area contributed by atoms with Crippen molar-refractivity contribution in [1.29, 1.82) is 0 Å². The fraction of sp³-hybridized carbons (Fsp3) is 0.250. The van der Waals surface area contributed by atoms with Gasteiger partial charge in [0.2, 0.25) is 0 Å². The maximum absolute atomic E-state index is 13.7. The maximum atomic E-state index is 13.7. The minimum atomic E-state index is -0.229. The fourth-order valence-electron chi connectivity index (χ4n) is 3.24. The molecule has 1 aliphatic rings. The SMILES string of the molecule is Cc1ccc(-n2nc(-c3cccc(F)c3)c3c2NCCCC3)cc1. The van der Waals surface area contributed by atoms with E-state index in [9.17, 15) is 4.39 Å². The molecule has 4 rings (SSSR count). The lowest BCUT2D eigenvalue weighted by Gasteiger charge is -2.09. The molecule has 24 heavy (non-hydrogen) atoms. The van der Waals surface area contributed by atoms with Crippen LogP contribution < -0.4 is 5.32 Å². The summed E-state index contributed by atoms with van der Waals surface area (Å²) in [5, 5.41) is 8.35. The van der Waals surface area contributed by atoms with Gasteiger partial charge in [-0.2, -0.15) is 5.10 Å². The van der Waals surface area contributed by atoms with Crippen LogP contribution in [0.3, 0.4) is 0 Å². The summed E-state index contributed by atoms with van der Waals surface area (Å²) in [5.74, 6) is 0.809. The first-order valence-electron chi connectivity index (χ1n) is 8.41. The Morgan fingerprint density at radius 3 is 2.71 bits per heavy atom. The van der Waals surface area contributed by atoms with E-state index < -0.39 is 0 Å². The Hall–Kier alpha value is -2.62. The normalized spacial score (nSPS) is 13.9. The molecule has 0 aliphatic carbocycles. The third kappa shape index (κ3) is 2.68. The van der Waals surface area contributed by atoms with Crippen molar-refractivity contribution in [3.63, 3.8) is 0 Å². The van der Waals surface area contributed by atoms with Crippen LogP contribution in [0.25, 0.3) is 16.9 Å². The van der Waals surface area contributed by atoms with Gasteiger partial charge >= 0.3 is 0 Å². The molecule has 1 aliphatic heterocycles. The fourth-order valence-corrected chi connectivity index (χ4v) is 3.24. The molecule has 3 nitrogen and oxygen atoms in total. The number of anilines is 1. The number of halogens is 1. The first kappa shape index (κ1) is 14.9.